The highest BCUT2D eigenvalue weighted by atomic mass is 35.5. The van der Waals surface area contributed by atoms with Gasteiger partial charge in [0.25, 0.3) is 0 Å². The van der Waals surface area contributed by atoms with Crippen LogP contribution in [0.4, 0.5) is 5.69 Å². The number of anilines is 1. The molecule has 2 aromatic carbocycles. The lowest BCUT2D eigenvalue weighted by molar-refractivity contribution is -0.139. The van der Waals surface area contributed by atoms with Gasteiger partial charge in [0.1, 0.15) is 12.6 Å². The summed E-state index contributed by atoms with van der Waals surface area (Å²) in [5.74, 6) is -0.853. The Morgan fingerprint density at radius 1 is 1.03 bits per heavy atom. The number of amides is 2. The molecule has 33 heavy (non-hydrogen) atoms. The summed E-state index contributed by atoms with van der Waals surface area (Å²) in [6.07, 6.45) is 1.00. The summed E-state index contributed by atoms with van der Waals surface area (Å²) in [5.41, 5.74) is 2.02. The van der Waals surface area contributed by atoms with Crippen molar-refractivity contribution in [2.75, 3.05) is 17.1 Å². The topological polar surface area (TPSA) is 86.8 Å². The standard InChI is InChI=1S/C23H29Cl2N3O4S/c1-15(2)26-23(30)17(4)27(13-18-9-7-6-8-16(18)3)22(29)14-28(33(5,31)32)19-10-11-20(24)21(25)12-19/h6-12,15,17H,13-14H2,1-5H3,(H,26,30)/t17-/m0/s1. The third-order valence-corrected chi connectivity index (χ3v) is 6.95. The Bertz CT molecular complexity index is 1120. The monoisotopic (exact) mass is 513 g/mol. The Morgan fingerprint density at radius 2 is 1.67 bits per heavy atom. The molecule has 0 unspecified atom stereocenters. The second kappa shape index (κ2) is 11.2. The van der Waals surface area contributed by atoms with E-state index in [-0.39, 0.29) is 34.2 Å². The number of sulfonamides is 1. The maximum Gasteiger partial charge on any atom is 0.244 e. The fraction of sp³-hybridized carbons (Fsp3) is 0.391. The first-order valence-electron chi connectivity index (χ1n) is 10.4. The van der Waals surface area contributed by atoms with E-state index in [1.165, 1.54) is 23.1 Å². The molecular formula is C23H29Cl2N3O4S. The van der Waals surface area contributed by atoms with E-state index in [0.717, 1.165) is 21.7 Å². The quantitative estimate of drug-likeness (QED) is 0.548. The first-order chi connectivity index (χ1) is 15.3. The summed E-state index contributed by atoms with van der Waals surface area (Å²) in [6, 6.07) is 10.9. The van der Waals surface area contributed by atoms with E-state index < -0.39 is 28.5 Å². The molecule has 180 valence electrons. The number of rotatable bonds is 9. The van der Waals surface area contributed by atoms with Crippen LogP contribution in [0.1, 0.15) is 31.9 Å². The van der Waals surface area contributed by atoms with Crippen LogP contribution < -0.4 is 9.62 Å². The molecule has 0 radical (unpaired) electrons. The first kappa shape index (κ1) is 27.0. The van der Waals surface area contributed by atoms with Crippen LogP contribution in [-0.4, -0.2) is 50.0 Å². The van der Waals surface area contributed by atoms with E-state index in [9.17, 15) is 18.0 Å². The predicted octanol–water partition coefficient (Wildman–Crippen LogP) is 4.01. The average Bonchev–Trinajstić information content (AvgIpc) is 2.71. The van der Waals surface area contributed by atoms with Crippen molar-refractivity contribution in [2.45, 2.75) is 46.3 Å². The molecule has 0 aliphatic carbocycles. The SMILES string of the molecule is Cc1ccccc1CN(C(=O)CN(c1ccc(Cl)c(Cl)c1)S(C)(=O)=O)[C@@H](C)C(=O)NC(C)C. The number of carbonyl (C=O) groups excluding carboxylic acids is 2. The molecule has 2 aromatic rings. The van der Waals surface area contributed by atoms with Crippen LogP contribution in [0, 0.1) is 6.92 Å². The van der Waals surface area contributed by atoms with E-state index >= 15 is 0 Å². The number of hydrogen-bond donors (Lipinski definition) is 1. The Kier molecular flexibility index (Phi) is 9.17. The normalized spacial score (nSPS) is 12.4. The summed E-state index contributed by atoms with van der Waals surface area (Å²) in [5, 5.41) is 3.24. The van der Waals surface area contributed by atoms with E-state index in [4.69, 9.17) is 23.2 Å². The van der Waals surface area contributed by atoms with Crippen molar-refractivity contribution in [3.8, 4) is 0 Å². The van der Waals surface area contributed by atoms with Crippen LogP contribution >= 0.6 is 23.2 Å². The van der Waals surface area contributed by atoms with Crippen LogP contribution in [-0.2, 0) is 26.2 Å². The molecule has 0 aliphatic rings. The summed E-state index contributed by atoms with van der Waals surface area (Å²) < 4.78 is 26.0. The molecule has 10 heteroatoms. The highest BCUT2D eigenvalue weighted by Gasteiger charge is 2.30. The van der Waals surface area contributed by atoms with E-state index in [1.807, 2.05) is 45.0 Å². The molecule has 1 atom stereocenters. The Morgan fingerprint density at radius 3 is 2.21 bits per heavy atom. The lowest BCUT2D eigenvalue weighted by Crippen LogP contribution is -2.52. The minimum atomic E-state index is -3.84. The smallest absolute Gasteiger partial charge is 0.244 e. The lowest BCUT2D eigenvalue weighted by atomic mass is 10.1. The zero-order chi connectivity index (χ0) is 24.9. The summed E-state index contributed by atoms with van der Waals surface area (Å²) in [7, 11) is -3.84. The van der Waals surface area contributed by atoms with Crippen molar-refractivity contribution < 1.29 is 18.0 Å². The molecule has 1 N–H and O–H groups in total. The maximum absolute atomic E-state index is 13.5. The molecule has 0 aliphatic heterocycles. The van der Waals surface area contributed by atoms with Crippen LogP contribution in [0.25, 0.3) is 0 Å². The lowest BCUT2D eigenvalue weighted by Gasteiger charge is -2.32. The molecule has 0 heterocycles. The summed E-state index contributed by atoms with van der Waals surface area (Å²) >= 11 is 12.0. The highest BCUT2D eigenvalue weighted by molar-refractivity contribution is 7.92. The second-order valence-corrected chi connectivity index (χ2v) is 10.9. The first-order valence-corrected chi connectivity index (χ1v) is 13.0. The third-order valence-electron chi connectivity index (χ3n) is 5.07. The van der Waals surface area contributed by atoms with Gasteiger partial charge in [0, 0.05) is 12.6 Å². The minimum absolute atomic E-state index is 0.112. The number of benzene rings is 2. The molecule has 0 saturated heterocycles. The predicted molar refractivity (Wildman–Crippen MR) is 133 cm³/mol. The van der Waals surface area contributed by atoms with Gasteiger partial charge in [-0.15, -0.1) is 0 Å². The van der Waals surface area contributed by atoms with Gasteiger partial charge >= 0.3 is 0 Å². The number of halogens is 2. The molecule has 0 saturated carbocycles. The molecule has 2 amide bonds. The molecular weight excluding hydrogens is 485 g/mol. The maximum atomic E-state index is 13.5. The van der Waals surface area contributed by atoms with Crippen molar-refractivity contribution in [2.24, 2.45) is 0 Å². The van der Waals surface area contributed by atoms with Gasteiger partial charge in [-0.05, 0) is 57.0 Å². The van der Waals surface area contributed by atoms with Gasteiger partial charge in [-0.25, -0.2) is 8.42 Å². The van der Waals surface area contributed by atoms with E-state index in [0.29, 0.717) is 0 Å². The fourth-order valence-corrected chi connectivity index (χ4v) is 4.35. The third kappa shape index (κ3) is 7.35. The minimum Gasteiger partial charge on any atom is -0.352 e. The van der Waals surface area contributed by atoms with Gasteiger partial charge in [-0.3, -0.25) is 13.9 Å². The zero-order valence-electron chi connectivity index (χ0n) is 19.3. The van der Waals surface area contributed by atoms with E-state index in [2.05, 4.69) is 5.32 Å². The molecule has 0 aromatic heterocycles. The average molecular weight is 514 g/mol. The number of hydrogen-bond acceptors (Lipinski definition) is 4. The van der Waals surface area contributed by atoms with Gasteiger partial charge in [0.15, 0.2) is 0 Å². The molecule has 0 fully saturated rings. The Labute approximate surface area is 205 Å². The molecule has 2 rings (SSSR count). The van der Waals surface area contributed by atoms with Crippen molar-refractivity contribution in [3.63, 3.8) is 0 Å². The Balaban J connectivity index is 2.43. The van der Waals surface area contributed by atoms with Crippen molar-refractivity contribution >= 4 is 50.7 Å². The molecule has 0 bridgehead atoms. The van der Waals surface area contributed by atoms with Crippen LogP contribution in [0.3, 0.4) is 0 Å². The van der Waals surface area contributed by atoms with Gasteiger partial charge in [0.05, 0.1) is 22.0 Å². The second-order valence-electron chi connectivity index (χ2n) is 8.16. The number of aryl methyl sites for hydroxylation is 1. The van der Waals surface area contributed by atoms with Gasteiger partial charge in [-0.2, -0.15) is 0 Å². The van der Waals surface area contributed by atoms with Gasteiger partial charge < -0.3 is 10.2 Å². The van der Waals surface area contributed by atoms with Crippen LogP contribution in [0.5, 0.6) is 0 Å². The van der Waals surface area contributed by atoms with Crippen molar-refractivity contribution in [1.29, 1.82) is 0 Å². The van der Waals surface area contributed by atoms with Crippen LogP contribution in [0.15, 0.2) is 42.5 Å². The van der Waals surface area contributed by atoms with Crippen LogP contribution in [0.2, 0.25) is 10.0 Å². The zero-order valence-corrected chi connectivity index (χ0v) is 21.6. The van der Waals surface area contributed by atoms with Crippen molar-refractivity contribution in [3.05, 3.63) is 63.6 Å². The summed E-state index contributed by atoms with van der Waals surface area (Å²) in [6.45, 7) is 6.84. The largest absolute Gasteiger partial charge is 0.352 e. The number of nitrogens with one attached hydrogen (secondary N) is 1. The highest BCUT2D eigenvalue weighted by Crippen LogP contribution is 2.28. The molecule has 7 nitrogen and oxygen atoms in total. The van der Waals surface area contributed by atoms with E-state index in [1.54, 1.807) is 6.92 Å². The van der Waals surface area contributed by atoms with Gasteiger partial charge in [0.2, 0.25) is 21.8 Å². The van der Waals surface area contributed by atoms with Gasteiger partial charge in [-0.1, -0.05) is 47.5 Å². The summed E-state index contributed by atoms with van der Waals surface area (Å²) in [4.78, 5) is 27.6. The fourth-order valence-electron chi connectivity index (χ4n) is 3.21. The molecule has 0 spiro atoms. The number of nitrogens with zero attached hydrogens (tertiary/aromatic N) is 2. The van der Waals surface area contributed by atoms with Crippen molar-refractivity contribution in [1.82, 2.24) is 10.2 Å². The Hall–Kier alpha value is -2.29. The number of carbonyl (C=O) groups is 2.